The van der Waals surface area contributed by atoms with E-state index in [0.29, 0.717) is 6.61 Å². The van der Waals surface area contributed by atoms with Crippen molar-refractivity contribution in [1.29, 1.82) is 0 Å². The van der Waals surface area contributed by atoms with E-state index in [4.69, 9.17) is 4.74 Å². The maximum atomic E-state index is 11.7. The first kappa shape index (κ1) is 16.8. The third-order valence-corrected chi connectivity index (χ3v) is 4.39. The molecule has 0 saturated carbocycles. The van der Waals surface area contributed by atoms with Gasteiger partial charge in [0.05, 0.1) is 6.61 Å². The molecule has 2 aromatic rings. The highest BCUT2D eigenvalue weighted by atomic mass is 31.2. The maximum absolute atomic E-state index is 11.7. The summed E-state index contributed by atoms with van der Waals surface area (Å²) in [5.74, 6) is 0.262. The third-order valence-electron chi connectivity index (χ3n) is 3.41. The topological polar surface area (TPSA) is 66.8 Å². The molecule has 0 atom stereocenters. The van der Waals surface area contributed by atoms with Gasteiger partial charge in [0.15, 0.2) is 0 Å². The standard InChI is InChI=1S/C17H21O4P/c1-3-4-11-21-16-10-9-15(12-17(16)22(18,19)20)14-7-5-13(2)6-8-14/h5-10,12H,3-4,11H2,1-2H3,(H2,18,19,20). The number of hydrogen-bond acceptors (Lipinski definition) is 2. The van der Waals surface area contributed by atoms with Crippen molar-refractivity contribution in [2.24, 2.45) is 0 Å². The molecule has 0 saturated heterocycles. The van der Waals surface area contributed by atoms with E-state index in [1.165, 1.54) is 6.07 Å². The predicted molar refractivity (Wildman–Crippen MR) is 88.7 cm³/mol. The number of unbranched alkanes of at least 4 members (excludes halogenated alkanes) is 1. The van der Waals surface area contributed by atoms with E-state index in [-0.39, 0.29) is 11.1 Å². The van der Waals surface area contributed by atoms with Crippen molar-refractivity contribution in [3.05, 3.63) is 48.0 Å². The van der Waals surface area contributed by atoms with E-state index in [1.807, 2.05) is 44.2 Å². The second kappa shape index (κ2) is 7.10. The van der Waals surface area contributed by atoms with Gasteiger partial charge in [0, 0.05) is 0 Å². The Morgan fingerprint density at radius 2 is 1.68 bits per heavy atom. The molecule has 5 heteroatoms. The average molecular weight is 320 g/mol. The van der Waals surface area contributed by atoms with Gasteiger partial charge in [-0.1, -0.05) is 49.2 Å². The highest BCUT2D eigenvalue weighted by Gasteiger charge is 2.23. The zero-order valence-corrected chi connectivity index (χ0v) is 13.7. The van der Waals surface area contributed by atoms with E-state index >= 15 is 0 Å². The maximum Gasteiger partial charge on any atom is 0.359 e. The van der Waals surface area contributed by atoms with E-state index in [2.05, 4.69) is 0 Å². The van der Waals surface area contributed by atoms with Gasteiger partial charge in [0.25, 0.3) is 0 Å². The number of hydrogen-bond donors (Lipinski definition) is 2. The first-order chi connectivity index (χ1) is 10.4. The zero-order chi connectivity index (χ0) is 16.2. The lowest BCUT2D eigenvalue weighted by molar-refractivity contribution is 0.309. The second-order valence-corrected chi connectivity index (χ2v) is 6.86. The van der Waals surface area contributed by atoms with Gasteiger partial charge in [0.2, 0.25) is 0 Å². The van der Waals surface area contributed by atoms with Crippen molar-refractivity contribution in [3.8, 4) is 16.9 Å². The summed E-state index contributed by atoms with van der Waals surface area (Å²) in [6.45, 7) is 4.48. The summed E-state index contributed by atoms with van der Waals surface area (Å²) in [4.78, 5) is 19.1. The van der Waals surface area contributed by atoms with E-state index in [1.54, 1.807) is 6.07 Å². The fourth-order valence-corrected chi connectivity index (χ4v) is 2.85. The molecule has 0 amide bonds. The SMILES string of the molecule is CCCCOc1ccc(-c2ccc(C)cc2)cc1P(=O)(O)O. The van der Waals surface area contributed by atoms with E-state index in [9.17, 15) is 14.4 Å². The van der Waals surface area contributed by atoms with Gasteiger partial charge < -0.3 is 14.5 Å². The highest BCUT2D eigenvalue weighted by Crippen LogP contribution is 2.39. The normalized spacial score (nSPS) is 11.5. The molecule has 0 aliphatic heterocycles. The Kier molecular flexibility index (Phi) is 5.41. The van der Waals surface area contributed by atoms with Crippen LogP contribution in [-0.2, 0) is 4.57 Å². The van der Waals surface area contributed by atoms with Crippen LogP contribution in [0.15, 0.2) is 42.5 Å². The van der Waals surface area contributed by atoms with Crippen LogP contribution in [0, 0.1) is 6.92 Å². The molecule has 0 fully saturated rings. The van der Waals surface area contributed by atoms with Gasteiger partial charge >= 0.3 is 7.60 Å². The number of aryl methyl sites for hydroxylation is 1. The Morgan fingerprint density at radius 1 is 1.05 bits per heavy atom. The van der Waals surface area contributed by atoms with Gasteiger partial charge in [-0.2, -0.15) is 0 Å². The van der Waals surface area contributed by atoms with Gasteiger partial charge in [0.1, 0.15) is 11.1 Å². The van der Waals surface area contributed by atoms with Crippen LogP contribution in [-0.4, -0.2) is 16.4 Å². The molecule has 0 radical (unpaired) electrons. The molecule has 0 aromatic heterocycles. The Hall–Kier alpha value is -1.61. The lowest BCUT2D eigenvalue weighted by Gasteiger charge is -2.14. The monoisotopic (exact) mass is 320 g/mol. The molecule has 0 unspecified atom stereocenters. The van der Waals surface area contributed by atoms with Gasteiger partial charge in [-0.3, -0.25) is 4.57 Å². The molecule has 22 heavy (non-hydrogen) atoms. The van der Waals surface area contributed by atoms with Crippen LogP contribution in [0.2, 0.25) is 0 Å². The van der Waals surface area contributed by atoms with Crippen LogP contribution in [0.25, 0.3) is 11.1 Å². The van der Waals surface area contributed by atoms with E-state index < -0.39 is 7.60 Å². The molecular weight excluding hydrogens is 299 g/mol. The summed E-state index contributed by atoms with van der Waals surface area (Å²) >= 11 is 0. The molecule has 2 aromatic carbocycles. The third kappa shape index (κ3) is 4.20. The largest absolute Gasteiger partial charge is 0.493 e. The summed E-state index contributed by atoms with van der Waals surface area (Å²) < 4.78 is 17.3. The van der Waals surface area contributed by atoms with Gasteiger partial charge in [-0.25, -0.2) is 0 Å². The van der Waals surface area contributed by atoms with Crippen molar-refractivity contribution >= 4 is 12.9 Å². The summed E-state index contributed by atoms with van der Waals surface area (Å²) in [6.07, 6.45) is 1.81. The molecule has 118 valence electrons. The van der Waals surface area contributed by atoms with Crippen LogP contribution in [0.4, 0.5) is 0 Å². The lowest BCUT2D eigenvalue weighted by Crippen LogP contribution is -2.11. The van der Waals surface area contributed by atoms with Crippen LogP contribution >= 0.6 is 7.60 Å². The Labute approximate surface area is 130 Å². The number of ether oxygens (including phenoxy) is 1. The average Bonchev–Trinajstić information content (AvgIpc) is 2.47. The smallest absolute Gasteiger partial charge is 0.359 e. The van der Waals surface area contributed by atoms with Crippen LogP contribution in [0.3, 0.4) is 0 Å². The van der Waals surface area contributed by atoms with Gasteiger partial charge in [-0.05, 0) is 36.6 Å². The first-order valence-electron chi connectivity index (χ1n) is 7.32. The Balaban J connectivity index is 2.39. The van der Waals surface area contributed by atoms with Crippen molar-refractivity contribution in [2.45, 2.75) is 26.7 Å². The molecule has 0 heterocycles. The van der Waals surface area contributed by atoms with Crippen molar-refractivity contribution < 1.29 is 19.1 Å². The van der Waals surface area contributed by atoms with Gasteiger partial charge in [-0.15, -0.1) is 0 Å². The quantitative estimate of drug-likeness (QED) is 0.630. The predicted octanol–water partition coefficient (Wildman–Crippen LogP) is 3.64. The van der Waals surface area contributed by atoms with Crippen LogP contribution < -0.4 is 10.0 Å². The lowest BCUT2D eigenvalue weighted by atomic mass is 10.0. The van der Waals surface area contributed by atoms with Crippen molar-refractivity contribution in [3.63, 3.8) is 0 Å². The van der Waals surface area contributed by atoms with Crippen LogP contribution in [0.1, 0.15) is 25.3 Å². The molecule has 2 rings (SSSR count). The summed E-state index contributed by atoms with van der Waals surface area (Å²) in [6, 6.07) is 12.8. The molecule has 0 spiro atoms. The minimum atomic E-state index is -4.39. The molecule has 0 aliphatic rings. The Morgan fingerprint density at radius 3 is 2.27 bits per heavy atom. The number of rotatable bonds is 6. The molecule has 4 nitrogen and oxygen atoms in total. The van der Waals surface area contributed by atoms with E-state index in [0.717, 1.165) is 29.5 Å². The summed E-state index contributed by atoms with van der Waals surface area (Å²) in [7, 11) is -4.39. The fraction of sp³-hybridized carbons (Fsp3) is 0.294. The molecule has 0 aliphatic carbocycles. The van der Waals surface area contributed by atoms with Crippen molar-refractivity contribution in [1.82, 2.24) is 0 Å². The molecular formula is C17H21O4P. The fourth-order valence-electron chi connectivity index (χ4n) is 2.12. The minimum absolute atomic E-state index is 0.0540. The Bertz CT molecular complexity index is 674. The van der Waals surface area contributed by atoms with Crippen molar-refractivity contribution in [2.75, 3.05) is 6.61 Å². The second-order valence-electron chi connectivity index (χ2n) is 5.29. The van der Waals surface area contributed by atoms with Crippen LogP contribution in [0.5, 0.6) is 5.75 Å². The summed E-state index contributed by atoms with van der Waals surface area (Å²) in [5.41, 5.74) is 2.82. The zero-order valence-electron chi connectivity index (χ0n) is 12.8. The summed E-state index contributed by atoms with van der Waals surface area (Å²) in [5, 5.41) is -0.0540. The molecule has 2 N–H and O–H groups in total. The molecule has 0 bridgehead atoms. The minimum Gasteiger partial charge on any atom is -0.493 e. The highest BCUT2D eigenvalue weighted by molar-refractivity contribution is 7.60. The number of benzene rings is 2. The first-order valence-corrected chi connectivity index (χ1v) is 8.93.